The minimum atomic E-state index is -1.84. The van der Waals surface area contributed by atoms with Crippen LogP contribution in [0, 0.1) is 0 Å². The largest absolute Gasteiger partial charge is 0.493 e. The highest BCUT2D eigenvalue weighted by Gasteiger charge is 2.37. The molecule has 1 atom stereocenters. The molecule has 6 nitrogen and oxygen atoms in total. The lowest BCUT2D eigenvalue weighted by Crippen LogP contribution is -2.41. The van der Waals surface area contributed by atoms with Gasteiger partial charge in [-0.25, -0.2) is 0 Å². The van der Waals surface area contributed by atoms with Crippen LogP contribution >= 0.6 is 0 Å². The van der Waals surface area contributed by atoms with Gasteiger partial charge >= 0.3 is 0 Å². The van der Waals surface area contributed by atoms with Gasteiger partial charge in [0.25, 0.3) is 5.91 Å². The standard InChI is InChI=1S/C27H41NO5Si/c1-27(2,3)34(8,9)33-16-15-21(20-13-11-10-12-14-20)19-28(4)26(29)22-17-23(30-5)25(32-7)24(18-22)31-6/h10-14,17-18,21H,15-16,19H2,1-9H3. The fraction of sp³-hybridized carbons (Fsp3) is 0.519. The molecule has 2 aromatic carbocycles. The zero-order chi connectivity index (χ0) is 25.5. The summed E-state index contributed by atoms with van der Waals surface area (Å²) in [5.41, 5.74) is 1.69. The van der Waals surface area contributed by atoms with Crippen LogP contribution in [0.1, 0.15) is 49.0 Å². The molecule has 0 saturated heterocycles. The van der Waals surface area contributed by atoms with E-state index in [2.05, 4.69) is 46.0 Å². The molecule has 2 aromatic rings. The number of likely N-dealkylation sites (N-methyl/N-ethyl adjacent to an activating group) is 1. The number of benzene rings is 2. The second kappa shape index (κ2) is 11.8. The Morgan fingerprint density at radius 2 is 1.53 bits per heavy atom. The minimum absolute atomic E-state index is 0.106. The fourth-order valence-electron chi connectivity index (χ4n) is 3.60. The Morgan fingerprint density at radius 3 is 2.00 bits per heavy atom. The van der Waals surface area contributed by atoms with Gasteiger partial charge in [-0.2, -0.15) is 0 Å². The Balaban J connectivity index is 2.22. The number of amides is 1. The Morgan fingerprint density at radius 1 is 0.971 bits per heavy atom. The first-order valence-electron chi connectivity index (χ1n) is 11.7. The summed E-state index contributed by atoms with van der Waals surface area (Å²) in [5.74, 6) is 1.43. The average molecular weight is 488 g/mol. The second-order valence-corrected chi connectivity index (χ2v) is 14.9. The number of ether oxygens (including phenoxy) is 3. The summed E-state index contributed by atoms with van der Waals surface area (Å²) in [6.45, 7) is 12.5. The van der Waals surface area contributed by atoms with Crippen LogP contribution in [0.15, 0.2) is 42.5 Å². The van der Waals surface area contributed by atoms with E-state index in [9.17, 15) is 4.79 Å². The molecule has 0 aliphatic carbocycles. The van der Waals surface area contributed by atoms with Crippen LogP contribution in [0.5, 0.6) is 17.2 Å². The topological polar surface area (TPSA) is 57.2 Å². The fourth-order valence-corrected chi connectivity index (χ4v) is 4.66. The number of methoxy groups -OCH3 is 3. The van der Waals surface area contributed by atoms with Gasteiger partial charge in [0, 0.05) is 31.7 Å². The molecule has 0 aliphatic heterocycles. The van der Waals surface area contributed by atoms with Crippen molar-refractivity contribution in [2.75, 3.05) is 41.5 Å². The van der Waals surface area contributed by atoms with E-state index >= 15 is 0 Å². The molecule has 0 radical (unpaired) electrons. The van der Waals surface area contributed by atoms with Gasteiger partial charge in [-0.05, 0) is 42.2 Å². The number of rotatable bonds is 11. The van der Waals surface area contributed by atoms with Crippen LogP contribution in [0.2, 0.25) is 18.1 Å². The van der Waals surface area contributed by atoms with Gasteiger partial charge in [0.15, 0.2) is 19.8 Å². The molecule has 0 aliphatic rings. The van der Waals surface area contributed by atoms with Gasteiger partial charge in [0.1, 0.15) is 0 Å². The number of hydrogen-bond acceptors (Lipinski definition) is 5. The average Bonchev–Trinajstić information content (AvgIpc) is 2.81. The summed E-state index contributed by atoms with van der Waals surface area (Å²) in [5, 5.41) is 0.161. The molecule has 2 rings (SSSR count). The maximum Gasteiger partial charge on any atom is 0.253 e. The zero-order valence-corrected chi connectivity index (χ0v) is 23.2. The van der Waals surface area contributed by atoms with E-state index < -0.39 is 8.32 Å². The predicted molar refractivity (Wildman–Crippen MR) is 140 cm³/mol. The molecule has 7 heteroatoms. The maximum absolute atomic E-state index is 13.4. The molecule has 0 spiro atoms. The third-order valence-corrected chi connectivity index (χ3v) is 11.3. The number of nitrogens with zero attached hydrogens (tertiary/aromatic N) is 1. The molecule has 1 unspecified atom stereocenters. The van der Waals surface area contributed by atoms with E-state index in [-0.39, 0.29) is 16.9 Å². The number of carbonyl (C=O) groups is 1. The summed E-state index contributed by atoms with van der Waals surface area (Å²) in [6.07, 6.45) is 0.837. The Bertz CT molecular complexity index is 915. The highest BCUT2D eigenvalue weighted by Crippen LogP contribution is 2.39. The van der Waals surface area contributed by atoms with E-state index in [1.807, 2.05) is 25.2 Å². The van der Waals surface area contributed by atoms with E-state index in [1.54, 1.807) is 38.4 Å². The lowest BCUT2D eigenvalue weighted by Gasteiger charge is -2.36. The lowest BCUT2D eigenvalue weighted by atomic mass is 9.95. The van der Waals surface area contributed by atoms with Crippen molar-refractivity contribution in [2.45, 2.75) is 51.2 Å². The van der Waals surface area contributed by atoms with Crippen LogP contribution in [0.4, 0.5) is 0 Å². The maximum atomic E-state index is 13.4. The molecular formula is C27H41NO5Si. The van der Waals surface area contributed by atoms with Gasteiger partial charge in [-0.3, -0.25) is 4.79 Å². The number of carbonyl (C=O) groups excluding carboxylic acids is 1. The molecule has 0 heterocycles. The van der Waals surface area contributed by atoms with Gasteiger partial charge in [-0.15, -0.1) is 0 Å². The Labute approximate surface area is 206 Å². The molecule has 188 valence electrons. The first-order valence-corrected chi connectivity index (χ1v) is 14.6. The van der Waals surface area contributed by atoms with Crippen molar-refractivity contribution in [3.05, 3.63) is 53.6 Å². The van der Waals surface area contributed by atoms with Crippen molar-refractivity contribution in [2.24, 2.45) is 0 Å². The summed E-state index contributed by atoms with van der Waals surface area (Å²) < 4.78 is 22.7. The van der Waals surface area contributed by atoms with Crippen LogP contribution in [-0.2, 0) is 4.43 Å². The first-order chi connectivity index (χ1) is 15.9. The zero-order valence-electron chi connectivity index (χ0n) is 22.2. The van der Waals surface area contributed by atoms with Crippen molar-refractivity contribution in [3.63, 3.8) is 0 Å². The minimum Gasteiger partial charge on any atom is -0.493 e. The molecule has 1 amide bonds. The van der Waals surface area contributed by atoms with Gasteiger partial charge in [-0.1, -0.05) is 51.1 Å². The van der Waals surface area contributed by atoms with Crippen LogP contribution in [-0.4, -0.2) is 60.7 Å². The smallest absolute Gasteiger partial charge is 0.253 e. The van der Waals surface area contributed by atoms with Crippen molar-refractivity contribution >= 4 is 14.2 Å². The summed E-state index contributed by atoms with van der Waals surface area (Å²) in [4.78, 5) is 15.1. The van der Waals surface area contributed by atoms with Crippen molar-refractivity contribution in [1.29, 1.82) is 0 Å². The quantitative estimate of drug-likeness (QED) is 0.365. The Hall–Kier alpha value is -2.51. The SMILES string of the molecule is COc1cc(C(=O)N(C)CC(CCO[Si](C)(C)C(C)(C)C)c2ccccc2)cc(OC)c1OC. The second-order valence-electron chi connectivity index (χ2n) is 10.1. The normalized spacial score (nSPS) is 12.7. The lowest BCUT2D eigenvalue weighted by molar-refractivity contribution is 0.0780. The summed E-state index contributed by atoms with van der Waals surface area (Å²) in [7, 11) is 4.63. The van der Waals surface area contributed by atoms with Crippen molar-refractivity contribution < 1.29 is 23.4 Å². The van der Waals surface area contributed by atoms with E-state index in [4.69, 9.17) is 18.6 Å². The van der Waals surface area contributed by atoms with Gasteiger partial charge in [0.05, 0.1) is 21.3 Å². The van der Waals surface area contributed by atoms with E-state index in [0.717, 1.165) is 6.42 Å². The monoisotopic (exact) mass is 487 g/mol. The number of hydrogen-bond donors (Lipinski definition) is 0. The molecule has 0 aromatic heterocycles. The van der Waals surface area contributed by atoms with Crippen LogP contribution < -0.4 is 14.2 Å². The first kappa shape index (κ1) is 27.7. The third kappa shape index (κ3) is 6.76. The van der Waals surface area contributed by atoms with Gasteiger partial charge < -0.3 is 23.5 Å². The predicted octanol–water partition coefficient (Wildman–Crippen LogP) is 5.98. The van der Waals surface area contributed by atoms with Crippen LogP contribution in [0.25, 0.3) is 0 Å². The highest BCUT2D eigenvalue weighted by atomic mass is 28.4. The summed E-state index contributed by atoms with van der Waals surface area (Å²) >= 11 is 0. The van der Waals surface area contributed by atoms with E-state index in [0.29, 0.717) is 36.0 Å². The van der Waals surface area contributed by atoms with Crippen LogP contribution in [0.3, 0.4) is 0 Å². The molecule has 0 bridgehead atoms. The molecule has 0 N–H and O–H groups in total. The third-order valence-electron chi connectivity index (χ3n) is 6.76. The van der Waals surface area contributed by atoms with Crippen molar-refractivity contribution in [3.8, 4) is 17.2 Å². The van der Waals surface area contributed by atoms with Crippen molar-refractivity contribution in [1.82, 2.24) is 4.90 Å². The molecular weight excluding hydrogens is 446 g/mol. The summed E-state index contributed by atoms with van der Waals surface area (Å²) in [6, 6.07) is 13.7. The Kier molecular flexibility index (Phi) is 9.59. The molecule has 0 saturated carbocycles. The molecule has 0 fully saturated rings. The molecule has 34 heavy (non-hydrogen) atoms. The highest BCUT2D eigenvalue weighted by molar-refractivity contribution is 6.74. The van der Waals surface area contributed by atoms with E-state index in [1.165, 1.54) is 5.56 Å². The van der Waals surface area contributed by atoms with Gasteiger partial charge in [0.2, 0.25) is 5.75 Å².